The maximum atomic E-state index is 10.4. The van der Waals surface area contributed by atoms with E-state index in [1.807, 2.05) is 12.1 Å². The molecule has 3 nitrogen and oxygen atoms in total. The summed E-state index contributed by atoms with van der Waals surface area (Å²) in [4.78, 5) is 0. The van der Waals surface area contributed by atoms with Crippen LogP contribution in [0.4, 0.5) is 0 Å². The van der Waals surface area contributed by atoms with Gasteiger partial charge in [-0.05, 0) is 28.3 Å². The van der Waals surface area contributed by atoms with Crippen molar-refractivity contribution in [2.75, 3.05) is 6.61 Å². The largest absolute Gasteiger partial charge is 0.750 e. The van der Waals surface area contributed by atoms with Crippen LogP contribution in [0.1, 0.15) is 17.0 Å². The predicted octanol–water partition coefficient (Wildman–Crippen LogP) is 2.29. The Balaban J connectivity index is 2.01. The Hall–Kier alpha value is -1.23. The van der Waals surface area contributed by atoms with Crippen LogP contribution < -0.4 is 0 Å². The van der Waals surface area contributed by atoms with Crippen molar-refractivity contribution in [2.24, 2.45) is 0 Å². The van der Waals surface area contributed by atoms with Gasteiger partial charge in [0.2, 0.25) is 0 Å². The molecule has 1 aliphatic carbocycles. The fraction of sp³-hybridized carbons (Fsp3) is 0.231. The van der Waals surface area contributed by atoms with Gasteiger partial charge < -0.3 is 8.74 Å². The van der Waals surface area contributed by atoms with Crippen LogP contribution in [0.15, 0.2) is 36.4 Å². The molecule has 2 aromatic carbocycles. The summed E-state index contributed by atoms with van der Waals surface area (Å²) in [6, 6.07) is 12.4. The van der Waals surface area contributed by atoms with E-state index in [1.165, 1.54) is 21.9 Å². The van der Waals surface area contributed by atoms with Gasteiger partial charge in [0.1, 0.15) is 0 Å². The Morgan fingerprint density at radius 2 is 2.06 bits per heavy atom. The summed E-state index contributed by atoms with van der Waals surface area (Å²) in [5, 5.41) is 2.48. The van der Waals surface area contributed by atoms with Crippen molar-refractivity contribution in [3.63, 3.8) is 0 Å². The van der Waals surface area contributed by atoms with Gasteiger partial charge in [-0.1, -0.05) is 36.4 Å². The molecule has 0 N–H and O–H groups in total. The molecule has 1 aliphatic rings. The third-order valence-electron chi connectivity index (χ3n) is 3.29. The van der Waals surface area contributed by atoms with Crippen LogP contribution in [0.25, 0.3) is 10.8 Å². The molecule has 0 aromatic heterocycles. The molecule has 4 heteroatoms. The van der Waals surface area contributed by atoms with Gasteiger partial charge >= 0.3 is 0 Å². The second-order valence-corrected chi connectivity index (χ2v) is 4.90. The van der Waals surface area contributed by atoms with Gasteiger partial charge in [-0.15, -0.1) is 0 Å². The highest BCUT2D eigenvalue weighted by Crippen LogP contribution is 2.38. The molecule has 17 heavy (non-hydrogen) atoms. The van der Waals surface area contributed by atoms with E-state index in [-0.39, 0.29) is 12.5 Å². The first-order valence-electron chi connectivity index (χ1n) is 5.49. The van der Waals surface area contributed by atoms with Gasteiger partial charge in [0.05, 0.1) is 18.0 Å². The quantitative estimate of drug-likeness (QED) is 0.782. The van der Waals surface area contributed by atoms with Gasteiger partial charge in [0.15, 0.2) is 0 Å². The van der Waals surface area contributed by atoms with E-state index in [2.05, 4.69) is 24.3 Å². The van der Waals surface area contributed by atoms with E-state index in [9.17, 15) is 8.76 Å². The molecule has 0 radical (unpaired) electrons. The zero-order chi connectivity index (χ0) is 11.8. The van der Waals surface area contributed by atoms with Crippen molar-refractivity contribution in [1.29, 1.82) is 0 Å². The summed E-state index contributed by atoms with van der Waals surface area (Å²) in [5.41, 5.74) is 2.48. The molecule has 3 rings (SSSR count). The molecular formula is C13H11O3S-. The molecule has 0 saturated heterocycles. The molecule has 0 aliphatic heterocycles. The summed E-state index contributed by atoms with van der Waals surface area (Å²) in [6.45, 7) is 0.226. The second kappa shape index (κ2) is 4.22. The lowest BCUT2D eigenvalue weighted by Gasteiger charge is -2.12. The SMILES string of the molecule is O=S([O-])OCC1Cc2cccc3cccc1c23. The summed E-state index contributed by atoms with van der Waals surface area (Å²) in [6.07, 6.45) is 0.855. The lowest BCUT2D eigenvalue weighted by Crippen LogP contribution is -2.08. The highest BCUT2D eigenvalue weighted by atomic mass is 32.2. The van der Waals surface area contributed by atoms with E-state index >= 15 is 0 Å². The Bertz CT molecular complexity index is 589. The van der Waals surface area contributed by atoms with E-state index in [4.69, 9.17) is 4.18 Å². The molecule has 2 unspecified atom stereocenters. The molecule has 2 aromatic rings. The first-order valence-corrected chi connectivity index (χ1v) is 6.49. The van der Waals surface area contributed by atoms with Gasteiger partial charge in [0, 0.05) is 5.92 Å². The molecule has 0 fully saturated rings. The highest BCUT2D eigenvalue weighted by molar-refractivity contribution is 7.74. The van der Waals surface area contributed by atoms with Crippen molar-refractivity contribution in [3.8, 4) is 0 Å². The third-order valence-corrected chi connectivity index (χ3v) is 3.62. The summed E-state index contributed by atoms with van der Waals surface area (Å²) in [5.74, 6) is 0.147. The number of benzene rings is 2. The number of hydrogen-bond acceptors (Lipinski definition) is 3. The summed E-state index contributed by atoms with van der Waals surface area (Å²) < 4.78 is 25.6. The van der Waals surface area contributed by atoms with Crippen LogP contribution in [-0.4, -0.2) is 15.4 Å². The minimum Gasteiger partial charge on any atom is -0.750 e. The second-order valence-electron chi connectivity index (χ2n) is 4.25. The first-order chi connectivity index (χ1) is 8.25. The summed E-state index contributed by atoms with van der Waals surface area (Å²) in [7, 11) is 0. The van der Waals surface area contributed by atoms with Crippen LogP contribution in [0.2, 0.25) is 0 Å². The Kier molecular flexibility index (Phi) is 2.70. The third kappa shape index (κ3) is 1.88. The smallest absolute Gasteiger partial charge is 0.0842 e. The van der Waals surface area contributed by atoms with Crippen LogP contribution in [0.5, 0.6) is 0 Å². The molecule has 0 spiro atoms. The standard InChI is InChI=1S/C13H12O3S/c14-17(15)16-8-11-7-10-5-1-3-9-4-2-6-12(11)13(9)10/h1-6,11H,7-8H2,(H,14,15)/p-1. The normalized spacial score (nSPS) is 19.7. The van der Waals surface area contributed by atoms with E-state index in [0.29, 0.717) is 0 Å². The van der Waals surface area contributed by atoms with Gasteiger partial charge in [-0.2, -0.15) is 0 Å². The van der Waals surface area contributed by atoms with E-state index in [1.54, 1.807) is 0 Å². The topological polar surface area (TPSA) is 49.4 Å². The molecule has 0 amide bonds. The van der Waals surface area contributed by atoms with Crippen LogP contribution >= 0.6 is 0 Å². The molecular weight excluding hydrogens is 236 g/mol. The zero-order valence-electron chi connectivity index (χ0n) is 9.09. The highest BCUT2D eigenvalue weighted by Gasteiger charge is 2.24. The van der Waals surface area contributed by atoms with Crippen LogP contribution in [0, 0.1) is 0 Å². The Morgan fingerprint density at radius 1 is 1.29 bits per heavy atom. The molecule has 0 saturated carbocycles. The van der Waals surface area contributed by atoms with Gasteiger partial charge in [0.25, 0.3) is 0 Å². The lowest BCUT2D eigenvalue weighted by atomic mass is 10.0. The van der Waals surface area contributed by atoms with Crippen LogP contribution in [-0.2, 0) is 22.0 Å². The Labute approximate surface area is 102 Å². The average molecular weight is 247 g/mol. The number of rotatable bonds is 3. The van der Waals surface area contributed by atoms with Crippen LogP contribution in [0.3, 0.4) is 0 Å². The van der Waals surface area contributed by atoms with E-state index in [0.717, 1.165) is 6.42 Å². The van der Waals surface area contributed by atoms with Crippen molar-refractivity contribution >= 4 is 22.1 Å². The van der Waals surface area contributed by atoms with Gasteiger partial charge in [-0.3, -0.25) is 0 Å². The first kappa shape index (κ1) is 10.9. The number of hydrogen-bond donors (Lipinski definition) is 0. The minimum atomic E-state index is -2.43. The molecule has 2 atom stereocenters. The van der Waals surface area contributed by atoms with E-state index < -0.39 is 11.4 Å². The average Bonchev–Trinajstić information content (AvgIpc) is 2.68. The maximum absolute atomic E-state index is 10.4. The summed E-state index contributed by atoms with van der Waals surface area (Å²) >= 11 is -2.43. The molecule has 0 heterocycles. The molecule has 88 valence electrons. The fourth-order valence-corrected chi connectivity index (χ4v) is 2.90. The lowest BCUT2D eigenvalue weighted by molar-refractivity contribution is 0.279. The van der Waals surface area contributed by atoms with Crippen molar-refractivity contribution < 1.29 is 12.9 Å². The predicted molar refractivity (Wildman–Crippen MR) is 65.3 cm³/mol. The van der Waals surface area contributed by atoms with Gasteiger partial charge in [-0.25, -0.2) is 4.21 Å². The maximum Gasteiger partial charge on any atom is 0.0842 e. The van der Waals surface area contributed by atoms with Crippen molar-refractivity contribution in [3.05, 3.63) is 47.5 Å². The zero-order valence-corrected chi connectivity index (χ0v) is 9.91. The van der Waals surface area contributed by atoms with Crippen molar-refractivity contribution in [2.45, 2.75) is 12.3 Å². The minimum absolute atomic E-state index is 0.147. The van der Waals surface area contributed by atoms with Crippen molar-refractivity contribution in [1.82, 2.24) is 0 Å². The monoisotopic (exact) mass is 247 g/mol. The molecule has 0 bridgehead atoms. The fourth-order valence-electron chi connectivity index (χ4n) is 2.62. The Morgan fingerprint density at radius 3 is 2.82 bits per heavy atom.